The molecule has 0 aliphatic rings. The highest BCUT2D eigenvalue weighted by atomic mass is 16.5. The van der Waals surface area contributed by atoms with E-state index in [1.807, 2.05) is 64.1 Å². The lowest BCUT2D eigenvalue weighted by Crippen LogP contribution is -2.03. The molecular weight excluding hydrogens is 344 g/mol. The van der Waals surface area contributed by atoms with E-state index in [2.05, 4.69) is 10.2 Å². The van der Waals surface area contributed by atoms with Crippen molar-refractivity contribution in [3.05, 3.63) is 42.0 Å². The highest BCUT2D eigenvalue weighted by Gasteiger charge is 2.19. The second kappa shape index (κ2) is 8.58. The predicted octanol–water partition coefficient (Wildman–Crippen LogP) is 4.91. The van der Waals surface area contributed by atoms with Crippen LogP contribution in [0.15, 0.2) is 40.8 Å². The van der Waals surface area contributed by atoms with Crippen molar-refractivity contribution < 1.29 is 18.6 Å². The summed E-state index contributed by atoms with van der Waals surface area (Å²) >= 11 is 0. The average molecular weight is 368 g/mol. The third-order valence-electron chi connectivity index (χ3n) is 3.96. The lowest BCUT2D eigenvalue weighted by atomic mass is 10.1. The van der Waals surface area contributed by atoms with E-state index in [1.165, 1.54) is 0 Å². The summed E-state index contributed by atoms with van der Waals surface area (Å²) in [5, 5.41) is 8.42. The van der Waals surface area contributed by atoms with Crippen molar-refractivity contribution >= 4 is 0 Å². The number of hydrogen-bond acceptors (Lipinski definition) is 6. The minimum atomic E-state index is 0.401. The summed E-state index contributed by atoms with van der Waals surface area (Å²) in [6, 6.07) is 11.6. The largest absolute Gasteiger partial charge is 0.490 e. The van der Waals surface area contributed by atoms with E-state index >= 15 is 0 Å². The zero-order valence-corrected chi connectivity index (χ0v) is 16.1. The first-order valence-electron chi connectivity index (χ1n) is 9.14. The minimum absolute atomic E-state index is 0.401. The molecule has 0 aliphatic carbocycles. The van der Waals surface area contributed by atoms with Crippen LogP contribution in [0.2, 0.25) is 0 Å². The number of benzene rings is 2. The Bertz CT molecular complexity index is 878. The van der Waals surface area contributed by atoms with E-state index in [0.717, 1.165) is 16.7 Å². The van der Waals surface area contributed by atoms with Crippen molar-refractivity contribution in [2.75, 3.05) is 19.8 Å². The predicted molar refractivity (Wildman–Crippen MR) is 103 cm³/mol. The molecule has 1 heterocycles. The molecule has 0 spiro atoms. The Kier molecular flexibility index (Phi) is 5.96. The van der Waals surface area contributed by atoms with E-state index in [4.69, 9.17) is 18.6 Å². The number of aryl methyl sites for hydroxylation is 1. The van der Waals surface area contributed by atoms with Crippen LogP contribution in [0.25, 0.3) is 22.9 Å². The molecule has 0 radical (unpaired) electrons. The normalized spacial score (nSPS) is 10.7. The Balaban J connectivity index is 2.05. The maximum Gasteiger partial charge on any atom is 0.248 e. The summed E-state index contributed by atoms with van der Waals surface area (Å²) in [6.07, 6.45) is 0. The molecule has 6 nitrogen and oxygen atoms in total. The third-order valence-corrected chi connectivity index (χ3v) is 3.96. The fourth-order valence-corrected chi connectivity index (χ4v) is 2.77. The van der Waals surface area contributed by atoms with Gasteiger partial charge in [-0.25, -0.2) is 0 Å². The summed E-state index contributed by atoms with van der Waals surface area (Å²) in [6.45, 7) is 9.30. The number of hydrogen-bond donors (Lipinski definition) is 0. The van der Waals surface area contributed by atoms with Gasteiger partial charge in [0.05, 0.1) is 19.8 Å². The topological polar surface area (TPSA) is 66.6 Å². The van der Waals surface area contributed by atoms with Crippen LogP contribution in [0.5, 0.6) is 17.2 Å². The van der Waals surface area contributed by atoms with Crippen molar-refractivity contribution in [2.24, 2.45) is 0 Å². The van der Waals surface area contributed by atoms with Crippen LogP contribution < -0.4 is 14.2 Å². The molecule has 0 saturated heterocycles. The molecule has 0 saturated carbocycles. The quantitative estimate of drug-likeness (QED) is 0.563. The van der Waals surface area contributed by atoms with Gasteiger partial charge >= 0.3 is 0 Å². The Morgan fingerprint density at radius 2 is 1.41 bits per heavy atom. The SMILES string of the molecule is CCOc1cc(-c2nnc(-c3ccccc3C)o2)cc(OCC)c1OCC. The van der Waals surface area contributed by atoms with Gasteiger partial charge in [-0.05, 0) is 51.5 Å². The Morgan fingerprint density at radius 1 is 0.815 bits per heavy atom. The Labute approximate surface area is 159 Å². The molecule has 27 heavy (non-hydrogen) atoms. The van der Waals surface area contributed by atoms with Crippen LogP contribution in [-0.2, 0) is 0 Å². The van der Waals surface area contributed by atoms with E-state index in [0.29, 0.717) is 48.9 Å². The molecule has 0 fully saturated rings. The maximum atomic E-state index is 5.93. The number of rotatable bonds is 8. The Morgan fingerprint density at radius 3 is 2.00 bits per heavy atom. The summed E-state index contributed by atoms with van der Waals surface area (Å²) in [7, 11) is 0. The molecular formula is C21H24N2O4. The van der Waals surface area contributed by atoms with Gasteiger partial charge in [-0.1, -0.05) is 18.2 Å². The zero-order chi connectivity index (χ0) is 19.2. The van der Waals surface area contributed by atoms with E-state index in [-0.39, 0.29) is 0 Å². The number of nitrogens with zero attached hydrogens (tertiary/aromatic N) is 2. The second-order valence-corrected chi connectivity index (χ2v) is 5.83. The van der Waals surface area contributed by atoms with Gasteiger partial charge in [-0.2, -0.15) is 0 Å². The fraction of sp³-hybridized carbons (Fsp3) is 0.333. The summed E-state index contributed by atoms with van der Waals surface area (Å²) in [4.78, 5) is 0. The van der Waals surface area contributed by atoms with Crippen LogP contribution in [0.4, 0.5) is 0 Å². The molecule has 3 rings (SSSR count). The molecule has 2 aromatic carbocycles. The molecule has 6 heteroatoms. The first-order valence-corrected chi connectivity index (χ1v) is 9.14. The maximum absolute atomic E-state index is 5.93. The van der Waals surface area contributed by atoms with Crippen molar-refractivity contribution in [2.45, 2.75) is 27.7 Å². The lowest BCUT2D eigenvalue weighted by Gasteiger charge is -2.16. The summed E-state index contributed by atoms with van der Waals surface area (Å²) in [5.74, 6) is 2.65. The monoisotopic (exact) mass is 368 g/mol. The highest BCUT2D eigenvalue weighted by molar-refractivity contribution is 5.67. The first kappa shape index (κ1) is 18.8. The molecule has 142 valence electrons. The van der Waals surface area contributed by atoms with Crippen LogP contribution >= 0.6 is 0 Å². The van der Waals surface area contributed by atoms with E-state index in [9.17, 15) is 0 Å². The molecule has 0 aliphatic heterocycles. The first-order chi connectivity index (χ1) is 13.2. The van der Waals surface area contributed by atoms with E-state index < -0.39 is 0 Å². The second-order valence-electron chi connectivity index (χ2n) is 5.83. The van der Waals surface area contributed by atoms with E-state index in [1.54, 1.807) is 0 Å². The van der Waals surface area contributed by atoms with Crippen molar-refractivity contribution in [3.63, 3.8) is 0 Å². The van der Waals surface area contributed by atoms with Gasteiger partial charge in [0.25, 0.3) is 0 Å². The van der Waals surface area contributed by atoms with Crippen molar-refractivity contribution in [3.8, 4) is 40.2 Å². The van der Waals surface area contributed by atoms with Gasteiger partial charge in [0.2, 0.25) is 17.5 Å². The highest BCUT2D eigenvalue weighted by Crippen LogP contribution is 2.42. The summed E-state index contributed by atoms with van der Waals surface area (Å²) in [5.41, 5.74) is 2.71. The van der Waals surface area contributed by atoms with Gasteiger partial charge in [-0.3, -0.25) is 0 Å². The van der Waals surface area contributed by atoms with Crippen molar-refractivity contribution in [1.82, 2.24) is 10.2 Å². The molecule has 1 aromatic heterocycles. The molecule has 0 N–H and O–H groups in total. The zero-order valence-electron chi connectivity index (χ0n) is 16.1. The molecule has 0 unspecified atom stereocenters. The Hall–Kier alpha value is -3.02. The van der Waals surface area contributed by atoms with Gasteiger partial charge in [0, 0.05) is 11.1 Å². The molecule has 0 atom stereocenters. The smallest absolute Gasteiger partial charge is 0.248 e. The van der Waals surface area contributed by atoms with Gasteiger partial charge < -0.3 is 18.6 Å². The minimum Gasteiger partial charge on any atom is -0.490 e. The third kappa shape index (κ3) is 4.05. The van der Waals surface area contributed by atoms with Crippen LogP contribution in [-0.4, -0.2) is 30.0 Å². The number of ether oxygens (including phenoxy) is 3. The molecule has 0 amide bonds. The fourth-order valence-electron chi connectivity index (χ4n) is 2.77. The van der Waals surface area contributed by atoms with Gasteiger partial charge in [0.1, 0.15) is 0 Å². The molecule has 0 bridgehead atoms. The molecule has 3 aromatic rings. The summed E-state index contributed by atoms with van der Waals surface area (Å²) < 4.78 is 23.2. The van der Waals surface area contributed by atoms with Crippen molar-refractivity contribution in [1.29, 1.82) is 0 Å². The standard InChI is InChI=1S/C21H24N2O4/c1-5-24-17-12-15(13-18(25-6-2)19(17)26-7-3)20-22-23-21(27-20)16-11-9-8-10-14(16)4/h8-13H,5-7H2,1-4H3. The van der Waals surface area contributed by atoms with Gasteiger partial charge in [-0.15, -0.1) is 10.2 Å². The van der Waals surface area contributed by atoms with Gasteiger partial charge in [0.15, 0.2) is 11.5 Å². The van der Waals surface area contributed by atoms with Crippen LogP contribution in [0.3, 0.4) is 0 Å². The van der Waals surface area contributed by atoms with Crippen LogP contribution in [0.1, 0.15) is 26.3 Å². The number of aromatic nitrogens is 2. The lowest BCUT2D eigenvalue weighted by molar-refractivity contribution is 0.261. The van der Waals surface area contributed by atoms with Crippen LogP contribution in [0, 0.1) is 6.92 Å². The average Bonchev–Trinajstić information content (AvgIpc) is 3.15.